The minimum absolute atomic E-state index is 0.247. The lowest BCUT2D eigenvalue weighted by Crippen LogP contribution is -3.17. The number of nitriles is 1. The van der Waals surface area contributed by atoms with E-state index in [0.717, 1.165) is 6.07 Å². The van der Waals surface area contributed by atoms with Crippen LogP contribution < -0.4 is 5.73 Å². The summed E-state index contributed by atoms with van der Waals surface area (Å²) in [4.78, 5) is 13.4. The van der Waals surface area contributed by atoms with Gasteiger partial charge in [0.05, 0.1) is 6.04 Å². The maximum absolute atomic E-state index is 13.6. The molecule has 226 valence electrons. The molecule has 5 aliphatic carbocycles. The number of hydrogen-bond acceptors (Lipinski definition) is 21. The third-order valence-corrected chi connectivity index (χ3v) is 9.77. The van der Waals surface area contributed by atoms with Crippen molar-refractivity contribution in [1.29, 1.82) is 5.26 Å². The summed E-state index contributed by atoms with van der Waals surface area (Å²) < 4.78 is 0. The van der Waals surface area contributed by atoms with Crippen molar-refractivity contribution in [2.24, 2.45) is 17.1 Å². The predicted molar refractivity (Wildman–Crippen MR) is 105 cm³/mol. The molecule has 0 radical (unpaired) electrons. The molecule has 0 aromatic rings. The second kappa shape index (κ2) is 6.41. The summed E-state index contributed by atoms with van der Waals surface area (Å²) in [5.74, 6) is -39.6. The monoisotopic (exact) mass is 587 g/mol. The fourth-order valence-electron chi connectivity index (χ4n) is 7.64. The molecule has 22 nitrogen and oxygen atoms in total. The molecule has 0 spiro atoms. The first kappa shape index (κ1) is 29.7. The van der Waals surface area contributed by atoms with Gasteiger partial charge in [0.1, 0.15) is 12.1 Å². The third-order valence-electron chi connectivity index (χ3n) is 9.77. The van der Waals surface area contributed by atoms with Crippen LogP contribution in [0.2, 0.25) is 0 Å². The van der Waals surface area contributed by atoms with E-state index < -0.39 is 98.8 Å². The Morgan fingerprint density at radius 1 is 0.675 bits per heavy atom. The molecule has 0 aromatic carbocycles. The van der Waals surface area contributed by atoms with E-state index in [1.165, 1.54) is 0 Å². The Kier molecular flexibility index (Phi) is 4.76. The largest absolute Gasteiger partial charge is 0.375 e. The summed E-state index contributed by atoms with van der Waals surface area (Å²) in [6.07, 6.45) is -0.968. The maximum Gasteiger partial charge on any atom is 0.244 e. The number of hydrogen-bond donors (Lipinski definition) is 19. The first-order valence-corrected chi connectivity index (χ1v) is 11.0. The van der Waals surface area contributed by atoms with E-state index in [9.17, 15) is 102 Å². The van der Waals surface area contributed by atoms with Gasteiger partial charge in [-0.25, -0.2) is 0 Å². The summed E-state index contributed by atoms with van der Waals surface area (Å²) in [7, 11) is 0. The summed E-state index contributed by atoms with van der Waals surface area (Å²) in [6.45, 7) is 0. The first-order chi connectivity index (χ1) is 17.5. The zero-order chi connectivity index (χ0) is 31.3. The van der Waals surface area contributed by atoms with Crippen LogP contribution in [0.4, 0.5) is 0 Å². The number of carbonyl (C=O) groups is 1. The second-order valence-electron chi connectivity index (χ2n) is 11.1. The number of nitrogens with zero attached hydrogens (tertiary/aromatic N) is 2. The zero-order valence-electron chi connectivity index (χ0n) is 19.4. The van der Waals surface area contributed by atoms with Crippen LogP contribution in [0.3, 0.4) is 0 Å². The highest BCUT2D eigenvalue weighted by Crippen LogP contribution is 2.80. The number of aliphatic hydroxyl groups is 18. The van der Waals surface area contributed by atoms with Crippen molar-refractivity contribution in [3.63, 3.8) is 0 Å². The van der Waals surface area contributed by atoms with Crippen LogP contribution in [0.1, 0.15) is 6.42 Å². The molecule has 1 saturated heterocycles. The molecule has 22 heteroatoms. The molecular formula is C18H25N3O19. The van der Waals surface area contributed by atoms with E-state index in [1.807, 2.05) is 0 Å². The average Bonchev–Trinajstić information content (AvgIpc) is 3.14. The molecule has 0 aromatic heterocycles. The quantitative estimate of drug-likeness (QED) is 0.105. The summed E-state index contributed by atoms with van der Waals surface area (Å²) in [5.41, 5.74) is -18.9. The lowest BCUT2D eigenvalue weighted by Gasteiger charge is -2.84. The SMILES string of the molecule is N#CC1(O)CC2C(N1C(=O)C(N)C13C(O)(O)C4(O)C(O)(O)C(O)(C(O)(O)C(O)(C4(O)O)C1(O)O)C3(O)O)C2(O)O. The van der Waals surface area contributed by atoms with Gasteiger partial charge in [-0.1, -0.05) is 0 Å². The molecule has 6 fully saturated rings. The third kappa shape index (κ3) is 1.94. The zero-order valence-corrected chi connectivity index (χ0v) is 19.4. The van der Waals surface area contributed by atoms with Crippen LogP contribution in [0.25, 0.3) is 0 Å². The van der Waals surface area contributed by atoms with E-state index in [-0.39, 0.29) is 4.90 Å². The normalized spacial score (nSPS) is 51.1. The van der Waals surface area contributed by atoms with Gasteiger partial charge >= 0.3 is 0 Å². The van der Waals surface area contributed by atoms with E-state index in [2.05, 4.69) is 0 Å². The van der Waals surface area contributed by atoms with Gasteiger partial charge < -0.3 is 97.7 Å². The van der Waals surface area contributed by atoms with E-state index in [4.69, 9.17) is 5.73 Å². The van der Waals surface area contributed by atoms with Crippen LogP contribution in [0.15, 0.2) is 0 Å². The number of carbonyl (C=O) groups excluding carboxylic acids is 1. The highest BCUT2D eigenvalue weighted by atomic mass is 16.7. The Labute approximate surface area is 218 Å². The second-order valence-corrected chi connectivity index (χ2v) is 11.1. The summed E-state index contributed by atoms with van der Waals surface area (Å²) in [6, 6.07) is -4.64. The van der Waals surface area contributed by atoms with Crippen LogP contribution in [-0.4, -0.2) is 178 Å². The van der Waals surface area contributed by atoms with E-state index >= 15 is 0 Å². The fraction of sp³-hybridized carbons (Fsp3) is 0.889. The highest BCUT2D eigenvalue weighted by molar-refractivity contribution is 5.86. The Morgan fingerprint density at radius 3 is 1.30 bits per heavy atom. The van der Waals surface area contributed by atoms with Crippen molar-refractivity contribution in [3.8, 4) is 6.07 Å². The van der Waals surface area contributed by atoms with Gasteiger partial charge in [0.25, 0.3) is 0 Å². The van der Waals surface area contributed by atoms with Crippen molar-refractivity contribution in [1.82, 2.24) is 4.90 Å². The fourth-order valence-corrected chi connectivity index (χ4v) is 7.64. The molecule has 20 N–H and O–H groups in total. The molecule has 1 heterocycles. The van der Waals surface area contributed by atoms with Crippen molar-refractivity contribution in [2.75, 3.05) is 0 Å². The molecular weight excluding hydrogens is 562 g/mol. The lowest BCUT2D eigenvalue weighted by molar-refractivity contribution is -0.712. The van der Waals surface area contributed by atoms with Gasteiger partial charge in [0.2, 0.25) is 63.2 Å². The van der Waals surface area contributed by atoms with Crippen LogP contribution >= 0.6 is 0 Å². The molecule has 40 heavy (non-hydrogen) atoms. The predicted octanol–water partition coefficient (Wildman–Crippen LogP) is -13.3. The highest BCUT2D eigenvalue weighted by Gasteiger charge is 3.14. The minimum Gasteiger partial charge on any atom is -0.375 e. The van der Waals surface area contributed by atoms with Gasteiger partial charge in [-0.2, -0.15) is 5.26 Å². The van der Waals surface area contributed by atoms with Crippen molar-refractivity contribution >= 4 is 5.91 Å². The van der Waals surface area contributed by atoms with Gasteiger partial charge in [0, 0.05) is 12.3 Å². The van der Waals surface area contributed by atoms with Gasteiger partial charge in [-0.05, 0) is 0 Å². The Morgan fingerprint density at radius 2 is 1.00 bits per heavy atom. The molecule has 1 amide bonds. The van der Waals surface area contributed by atoms with Crippen LogP contribution in [-0.2, 0) is 4.79 Å². The molecule has 4 bridgehead atoms. The number of piperidine rings is 1. The Bertz CT molecular complexity index is 1170. The molecule has 4 unspecified atom stereocenters. The Balaban J connectivity index is 1.89. The van der Waals surface area contributed by atoms with Crippen LogP contribution in [0.5, 0.6) is 0 Å². The number of rotatable bonds is 2. The number of likely N-dealkylation sites (tertiary alicyclic amines) is 1. The van der Waals surface area contributed by atoms with Gasteiger partial charge in [-0.15, -0.1) is 0 Å². The van der Waals surface area contributed by atoms with Crippen molar-refractivity contribution < 1.29 is 96.7 Å². The van der Waals surface area contributed by atoms with Crippen LogP contribution in [0, 0.1) is 22.7 Å². The van der Waals surface area contributed by atoms with Gasteiger partial charge in [-0.3, -0.25) is 9.69 Å². The first-order valence-electron chi connectivity index (χ1n) is 11.0. The smallest absolute Gasteiger partial charge is 0.244 e. The standard InChI is InChI=1S/C18H25N3O19/c19-2-7(23)1-3-5(8(3,24)25)21(7)6(22)4(20)9-13(29,30)10(26)16(35,36)11(27,14(9,31)32)18(39,40)12(28,15(9,33)34)17(10,37)38/h3-5,23-40H,1,20H2. The molecule has 6 rings (SSSR count). The number of amides is 1. The van der Waals surface area contributed by atoms with Crippen molar-refractivity contribution in [3.05, 3.63) is 0 Å². The summed E-state index contributed by atoms with van der Waals surface area (Å²) in [5, 5.41) is 202. The van der Waals surface area contributed by atoms with Gasteiger partial charge in [0.15, 0.2) is 11.2 Å². The Hall–Kier alpha value is -1.80. The van der Waals surface area contributed by atoms with E-state index in [1.54, 1.807) is 0 Å². The average molecular weight is 587 g/mol. The minimum atomic E-state index is -5.49. The molecule has 5 saturated carbocycles. The molecule has 1 aliphatic heterocycles. The number of nitrogens with two attached hydrogens (primary N) is 1. The van der Waals surface area contributed by atoms with Crippen molar-refractivity contribution in [2.45, 2.75) is 81.5 Å². The number of fused-ring (bicyclic) bond motifs is 1. The maximum atomic E-state index is 13.6. The molecule has 4 atom stereocenters. The molecule has 6 aliphatic rings. The lowest BCUT2D eigenvalue weighted by atomic mass is 9.29. The van der Waals surface area contributed by atoms with E-state index in [0.29, 0.717) is 0 Å². The summed E-state index contributed by atoms with van der Waals surface area (Å²) >= 11 is 0. The topological polar surface area (TPSA) is 434 Å².